The summed E-state index contributed by atoms with van der Waals surface area (Å²) in [5.74, 6) is 1.16. The van der Waals surface area contributed by atoms with Gasteiger partial charge in [-0.15, -0.1) is 0 Å². The van der Waals surface area contributed by atoms with Crippen molar-refractivity contribution in [1.29, 1.82) is 0 Å². The van der Waals surface area contributed by atoms with Gasteiger partial charge in [0.2, 0.25) is 6.29 Å². The first kappa shape index (κ1) is 37.4. The number of ether oxygens (including phenoxy) is 6. The summed E-state index contributed by atoms with van der Waals surface area (Å²) in [5.41, 5.74) is 0.909. The minimum absolute atomic E-state index is 0.255. The summed E-state index contributed by atoms with van der Waals surface area (Å²) in [6.45, 7) is 12.5. The fourth-order valence-electron chi connectivity index (χ4n) is 4.34. The van der Waals surface area contributed by atoms with Crippen molar-refractivity contribution in [2.45, 2.75) is 45.8 Å². The zero-order valence-electron chi connectivity index (χ0n) is 27.5. The fourth-order valence-corrected chi connectivity index (χ4v) is 4.34. The molecular weight excluding hydrogens is 616 g/mol. The van der Waals surface area contributed by atoms with Gasteiger partial charge in [-0.25, -0.2) is 14.4 Å². The number of esters is 3. The van der Waals surface area contributed by atoms with Gasteiger partial charge in [-0.3, -0.25) is 0 Å². The summed E-state index contributed by atoms with van der Waals surface area (Å²) in [4.78, 5) is 34.8. The van der Waals surface area contributed by atoms with E-state index in [1.54, 1.807) is 72.8 Å². The van der Waals surface area contributed by atoms with Gasteiger partial charge in [0.25, 0.3) is 0 Å². The lowest BCUT2D eigenvalue weighted by atomic mass is 10.1. The molecule has 3 aromatic carbocycles. The second-order valence-electron chi connectivity index (χ2n) is 11.3. The van der Waals surface area contributed by atoms with Crippen LogP contribution >= 0.6 is 0 Å². The van der Waals surface area contributed by atoms with Crippen LogP contribution in [0.2, 0.25) is 0 Å². The van der Waals surface area contributed by atoms with Crippen molar-refractivity contribution < 1.29 is 47.9 Å². The molecule has 0 saturated heterocycles. The second kappa shape index (κ2) is 20.2. The van der Waals surface area contributed by atoms with E-state index in [9.17, 15) is 19.5 Å². The Morgan fingerprint density at radius 1 is 0.667 bits per heavy atom. The molecule has 0 fully saturated rings. The normalized spacial score (nSPS) is 12.5. The predicted molar refractivity (Wildman–Crippen MR) is 180 cm³/mol. The van der Waals surface area contributed by atoms with E-state index in [1.165, 1.54) is 0 Å². The van der Waals surface area contributed by atoms with E-state index < -0.39 is 24.2 Å². The second-order valence-corrected chi connectivity index (χ2v) is 11.3. The van der Waals surface area contributed by atoms with Gasteiger partial charge in [0, 0.05) is 17.7 Å². The minimum Gasteiger partial charge on any atom is -0.493 e. The number of rotatable bonds is 21. The monoisotopic (exact) mass is 660 g/mol. The van der Waals surface area contributed by atoms with Gasteiger partial charge >= 0.3 is 17.9 Å². The lowest BCUT2D eigenvalue weighted by molar-refractivity contribution is -0.138. The van der Waals surface area contributed by atoms with Crippen molar-refractivity contribution in [3.8, 4) is 23.0 Å². The highest BCUT2D eigenvalue weighted by atomic mass is 16.6. The molecule has 0 aliphatic carbocycles. The van der Waals surface area contributed by atoms with Crippen LogP contribution in [0.25, 0.3) is 0 Å². The van der Waals surface area contributed by atoms with Crippen LogP contribution in [0.4, 0.5) is 0 Å². The van der Waals surface area contributed by atoms with Crippen LogP contribution < -0.4 is 18.9 Å². The van der Waals surface area contributed by atoms with E-state index in [4.69, 9.17) is 28.4 Å². The Labute approximate surface area is 281 Å². The molecule has 0 radical (unpaired) electrons. The van der Waals surface area contributed by atoms with Crippen LogP contribution in [-0.4, -0.2) is 49.4 Å². The maximum absolute atomic E-state index is 12.7. The minimum atomic E-state index is -1.21. The molecule has 0 heterocycles. The highest BCUT2D eigenvalue weighted by Gasteiger charge is 2.13. The topological polar surface area (TPSA) is 127 Å². The van der Waals surface area contributed by atoms with Gasteiger partial charge < -0.3 is 33.5 Å². The van der Waals surface area contributed by atoms with E-state index in [2.05, 4.69) is 20.1 Å². The first-order valence-corrected chi connectivity index (χ1v) is 15.9. The molecule has 0 aliphatic rings. The fraction of sp³-hybridized carbons (Fsp3) is 0.342. The van der Waals surface area contributed by atoms with Gasteiger partial charge in [-0.1, -0.05) is 27.0 Å². The highest BCUT2D eigenvalue weighted by Crippen LogP contribution is 2.25. The summed E-state index contributed by atoms with van der Waals surface area (Å²) in [7, 11) is 0. The van der Waals surface area contributed by atoms with Crippen LogP contribution in [0.5, 0.6) is 23.0 Å². The maximum Gasteiger partial charge on any atom is 0.343 e. The molecule has 3 atom stereocenters. The number of aliphatic hydroxyl groups excluding tert-OH is 1. The Morgan fingerprint density at radius 2 is 1.10 bits per heavy atom. The van der Waals surface area contributed by atoms with Gasteiger partial charge in [0.1, 0.15) is 23.0 Å². The Balaban J connectivity index is 1.37. The number of benzene rings is 3. The van der Waals surface area contributed by atoms with E-state index in [0.717, 1.165) is 37.8 Å². The molecule has 0 aliphatic heterocycles. The molecule has 10 nitrogen and oxygen atoms in total. The molecule has 0 spiro atoms. The third kappa shape index (κ3) is 13.7. The van der Waals surface area contributed by atoms with Crippen LogP contribution in [0.3, 0.4) is 0 Å². The molecule has 1 N–H and O–H groups in total. The molecule has 0 bridgehead atoms. The van der Waals surface area contributed by atoms with E-state index in [-0.39, 0.29) is 11.8 Å². The molecule has 10 heteroatoms. The number of carbonyl (C=O) groups is 3. The first-order valence-electron chi connectivity index (χ1n) is 15.9. The van der Waals surface area contributed by atoms with Gasteiger partial charge in [-0.05, 0) is 110 Å². The maximum atomic E-state index is 12.7. The number of hydrogen-bond donors (Lipinski definition) is 1. The molecule has 0 saturated carbocycles. The summed E-state index contributed by atoms with van der Waals surface area (Å²) >= 11 is 0. The van der Waals surface area contributed by atoms with Crippen molar-refractivity contribution in [3.63, 3.8) is 0 Å². The van der Waals surface area contributed by atoms with E-state index >= 15 is 0 Å². The standard InChI is InChI=1S/C38H44O10/c1-5-35(39)43-23-7-9-27(3)25-45-31-15-11-29(12-16-31)37(41)47-33-19-21-34(22-20-33)48-38(42)30-13-17-32(18-14-30)46-26-28(4)10-8-24-44-36(40)6-2/h5-6,11-22,27-28,37,41H,1-2,7-10,23-26H2,3-4H3. The van der Waals surface area contributed by atoms with Gasteiger partial charge in [0.15, 0.2) is 0 Å². The molecule has 48 heavy (non-hydrogen) atoms. The summed E-state index contributed by atoms with van der Waals surface area (Å²) < 4.78 is 32.7. The van der Waals surface area contributed by atoms with Crippen molar-refractivity contribution in [2.24, 2.45) is 11.8 Å². The highest BCUT2D eigenvalue weighted by molar-refractivity contribution is 5.91. The van der Waals surface area contributed by atoms with Crippen LogP contribution in [0.15, 0.2) is 98.1 Å². The molecule has 0 aromatic heterocycles. The number of aliphatic hydroxyl groups is 1. The summed E-state index contributed by atoms with van der Waals surface area (Å²) in [6.07, 6.45) is 4.23. The zero-order chi connectivity index (χ0) is 34.7. The largest absolute Gasteiger partial charge is 0.493 e. The van der Waals surface area contributed by atoms with Crippen LogP contribution in [-0.2, 0) is 19.1 Å². The number of carbonyl (C=O) groups excluding carboxylic acids is 3. The Bertz CT molecular complexity index is 1450. The van der Waals surface area contributed by atoms with Crippen LogP contribution in [0.1, 0.15) is 61.7 Å². The molecule has 3 unspecified atom stereocenters. The summed E-state index contributed by atoms with van der Waals surface area (Å²) in [5, 5.41) is 10.6. The molecule has 3 rings (SSSR count). The Morgan fingerprint density at radius 3 is 1.58 bits per heavy atom. The number of hydrogen-bond acceptors (Lipinski definition) is 10. The van der Waals surface area contributed by atoms with Crippen molar-refractivity contribution >= 4 is 17.9 Å². The average Bonchev–Trinajstić information content (AvgIpc) is 3.11. The predicted octanol–water partition coefficient (Wildman–Crippen LogP) is 7.02. The van der Waals surface area contributed by atoms with Crippen molar-refractivity contribution in [2.75, 3.05) is 26.4 Å². The van der Waals surface area contributed by atoms with Crippen LogP contribution in [0, 0.1) is 11.8 Å². The lowest BCUT2D eigenvalue weighted by Crippen LogP contribution is -2.11. The Hall–Kier alpha value is -5.09. The molecule has 3 aromatic rings. The van der Waals surface area contributed by atoms with E-state index in [1.807, 2.05) is 6.92 Å². The molecular formula is C38H44O10. The van der Waals surface area contributed by atoms with Gasteiger partial charge in [-0.2, -0.15) is 0 Å². The summed E-state index contributed by atoms with van der Waals surface area (Å²) in [6, 6.07) is 20.0. The van der Waals surface area contributed by atoms with Crippen molar-refractivity contribution in [1.82, 2.24) is 0 Å². The molecule has 0 amide bonds. The Kier molecular flexibility index (Phi) is 15.7. The quantitative estimate of drug-likeness (QED) is 0.0419. The van der Waals surface area contributed by atoms with E-state index in [0.29, 0.717) is 60.6 Å². The lowest BCUT2D eigenvalue weighted by Gasteiger charge is -2.16. The van der Waals surface area contributed by atoms with Gasteiger partial charge in [0.05, 0.1) is 32.0 Å². The van der Waals surface area contributed by atoms with Crippen molar-refractivity contribution in [3.05, 3.63) is 109 Å². The third-order valence-electron chi connectivity index (χ3n) is 7.11. The first-order chi connectivity index (χ1) is 23.2. The third-order valence-corrected chi connectivity index (χ3v) is 7.11. The smallest absolute Gasteiger partial charge is 0.343 e. The average molecular weight is 661 g/mol. The molecule has 256 valence electrons. The SMILES string of the molecule is C=CC(=O)OCCCC(C)COc1ccc(C(=O)Oc2ccc(OC(O)c3ccc(OCC(C)CCCOC(=O)C=C)cc3)cc2)cc1. The zero-order valence-corrected chi connectivity index (χ0v) is 27.5.